The van der Waals surface area contributed by atoms with Crippen molar-refractivity contribution in [3.05, 3.63) is 47.5 Å². The summed E-state index contributed by atoms with van der Waals surface area (Å²) >= 11 is 0. The van der Waals surface area contributed by atoms with Crippen LogP contribution in [-0.2, 0) is 11.3 Å². The number of nitrogens with zero attached hydrogens (tertiary/aromatic N) is 2. The molecule has 0 aliphatic rings. The van der Waals surface area contributed by atoms with E-state index in [9.17, 15) is 13.2 Å². The van der Waals surface area contributed by atoms with E-state index < -0.39 is 17.5 Å². The first-order chi connectivity index (χ1) is 8.11. The van der Waals surface area contributed by atoms with Crippen molar-refractivity contribution in [3.63, 3.8) is 0 Å². The number of benzene rings is 1. The van der Waals surface area contributed by atoms with Gasteiger partial charge in [-0.25, -0.2) is 17.9 Å². The zero-order chi connectivity index (χ0) is 12.4. The van der Waals surface area contributed by atoms with Gasteiger partial charge in [-0.15, -0.1) is 0 Å². The minimum atomic E-state index is -1.23. The molecule has 0 saturated heterocycles. The minimum Gasteiger partial charge on any atom is -0.378 e. The Balaban J connectivity index is 2.41. The fraction of sp³-hybridized carbons (Fsp3) is 0.182. The zero-order valence-corrected chi connectivity index (χ0v) is 8.95. The number of aromatic nitrogens is 2. The van der Waals surface area contributed by atoms with E-state index in [0.29, 0.717) is 11.8 Å². The molecule has 1 aromatic heterocycles. The molecule has 90 valence electrons. The van der Waals surface area contributed by atoms with Gasteiger partial charge in [0.2, 0.25) is 0 Å². The minimum absolute atomic E-state index is 0.147. The van der Waals surface area contributed by atoms with Crippen LogP contribution in [0.5, 0.6) is 0 Å². The average molecular weight is 242 g/mol. The van der Waals surface area contributed by atoms with Gasteiger partial charge in [-0.2, -0.15) is 5.10 Å². The number of hydrogen-bond acceptors (Lipinski definition) is 2. The van der Waals surface area contributed by atoms with E-state index in [-0.39, 0.29) is 12.3 Å². The van der Waals surface area contributed by atoms with Gasteiger partial charge >= 0.3 is 0 Å². The highest BCUT2D eigenvalue weighted by Crippen LogP contribution is 2.17. The molecular formula is C11H9F3N2O. The van der Waals surface area contributed by atoms with Crippen LogP contribution in [0.2, 0.25) is 0 Å². The lowest BCUT2D eigenvalue weighted by atomic mass is 10.3. The van der Waals surface area contributed by atoms with Crippen LogP contribution in [0.4, 0.5) is 13.2 Å². The first-order valence-electron chi connectivity index (χ1n) is 4.80. The summed E-state index contributed by atoms with van der Waals surface area (Å²) in [5.74, 6) is -3.23. The maximum absolute atomic E-state index is 13.4. The largest absolute Gasteiger partial charge is 0.378 e. The van der Waals surface area contributed by atoms with Crippen molar-refractivity contribution in [1.82, 2.24) is 9.78 Å². The molecule has 3 nitrogen and oxygen atoms in total. The van der Waals surface area contributed by atoms with Gasteiger partial charge in [0.25, 0.3) is 0 Å². The third kappa shape index (κ3) is 2.31. The molecule has 0 atom stereocenters. The van der Waals surface area contributed by atoms with Crippen molar-refractivity contribution in [2.45, 2.75) is 6.61 Å². The summed E-state index contributed by atoms with van der Waals surface area (Å²) in [4.78, 5) is 0. The number of methoxy groups -OCH3 is 1. The molecule has 0 unspecified atom stereocenters. The van der Waals surface area contributed by atoms with E-state index in [1.54, 1.807) is 6.07 Å². The summed E-state index contributed by atoms with van der Waals surface area (Å²) in [5, 5.41) is 3.96. The monoisotopic (exact) mass is 242 g/mol. The maximum Gasteiger partial charge on any atom is 0.161 e. The molecule has 0 saturated carbocycles. The Bertz CT molecular complexity index is 540. The second-order valence-corrected chi connectivity index (χ2v) is 3.40. The second kappa shape index (κ2) is 4.58. The molecule has 2 aromatic rings. The van der Waals surface area contributed by atoms with Crippen LogP contribution in [0, 0.1) is 17.5 Å². The van der Waals surface area contributed by atoms with Crippen LogP contribution in [0.15, 0.2) is 24.4 Å². The van der Waals surface area contributed by atoms with E-state index in [0.717, 1.165) is 10.7 Å². The van der Waals surface area contributed by atoms with Crippen LogP contribution in [0.3, 0.4) is 0 Å². The molecule has 2 rings (SSSR count). The van der Waals surface area contributed by atoms with Crippen LogP contribution < -0.4 is 0 Å². The first-order valence-corrected chi connectivity index (χ1v) is 4.80. The van der Waals surface area contributed by atoms with Gasteiger partial charge in [0.05, 0.1) is 12.3 Å². The van der Waals surface area contributed by atoms with Crippen molar-refractivity contribution in [2.75, 3.05) is 7.11 Å². The molecule has 0 aliphatic carbocycles. The van der Waals surface area contributed by atoms with Crippen molar-refractivity contribution in [1.29, 1.82) is 0 Å². The van der Waals surface area contributed by atoms with Gasteiger partial charge in [0.15, 0.2) is 17.5 Å². The third-order valence-electron chi connectivity index (χ3n) is 2.17. The van der Waals surface area contributed by atoms with Gasteiger partial charge in [-0.3, -0.25) is 0 Å². The quantitative estimate of drug-likeness (QED) is 0.773. The zero-order valence-electron chi connectivity index (χ0n) is 8.95. The fourth-order valence-electron chi connectivity index (χ4n) is 1.41. The highest BCUT2D eigenvalue weighted by atomic mass is 19.2. The van der Waals surface area contributed by atoms with Crippen LogP contribution in [0.25, 0.3) is 5.69 Å². The standard InChI is InChI=1S/C11H9F3N2O/c1-17-6-7-2-3-16(15-7)11-5-9(13)8(12)4-10(11)14/h2-5H,6H2,1H3. The first kappa shape index (κ1) is 11.7. The Morgan fingerprint density at radius 3 is 2.59 bits per heavy atom. The van der Waals surface area contributed by atoms with Crippen molar-refractivity contribution in [2.24, 2.45) is 0 Å². The summed E-state index contributed by atoms with van der Waals surface area (Å²) < 4.78 is 45.1. The van der Waals surface area contributed by atoms with Gasteiger partial charge in [0.1, 0.15) is 5.69 Å². The molecule has 0 N–H and O–H groups in total. The van der Waals surface area contributed by atoms with Crippen LogP contribution >= 0.6 is 0 Å². The predicted molar refractivity (Wildman–Crippen MR) is 54.2 cm³/mol. The van der Waals surface area contributed by atoms with Crippen LogP contribution in [0.1, 0.15) is 5.69 Å². The number of halogens is 3. The van der Waals surface area contributed by atoms with Gasteiger partial charge in [-0.1, -0.05) is 0 Å². The number of hydrogen-bond donors (Lipinski definition) is 0. The topological polar surface area (TPSA) is 27.1 Å². The maximum atomic E-state index is 13.4. The van der Waals surface area contributed by atoms with Crippen molar-refractivity contribution in [3.8, 4) is 5.69 Å². The molecule has 0 aliphatic heterocycles. The molecule has 0 fully saturated rings. The lowest BCUT2D eigenvalue weighted by Crippen LogP contribution is -2.02. The Morgan fingerprint density at radius 1 is 1.18 bits per heavy atom. The average Bonchev–Trinajstić information content (AvgIpc) is 2.72. The van der Waals surface area contributed by atoms with E-state index in [4.69, 9.17) is 4.74 Å². The van der Waals surface area contributed by atoms with Crippen molar-refractivity contribution >= 4 is 0 Å². The molecule has 0 amide bonds. The summed E-state index contributed by atoms with van der Waals surface area (Å²) in [6.45, 7) is 0.262. The Morgan fingerprint density at radius 2 is 1.88 bits per heavy atom. The summed E-state index contributed by atoms with van der Waals surface area (Å²) in [6.07, 6.45) is 1.45. The van der Waals surface area contributed by atoms with Gasteiger partial charge in [0, 0.05) is 25.4 Å². The summed E-state index contributed by atoms with van der Waals surface area (Å²) in [5.41, 5.74) is 0.419. The van der Waals surface area contributed by atoms with E-state index >= 15 is 0 Å². The molecule has 0 spiro atoms. The molecule has 17 heavy (non-hydrogen) atoms. The molecule has 0 radical (unpaired) electrons. The van der Waals surface area contributed by atoms with E-state index in [1.807, 2.05) is 0 Å². The van der Waals surface area contributed by atoms with E-state index in [1.165, 1.54) is 13.3 Å². The summed E-state index contributed by atoms with van der Waals surface area (Å²) in [7, 11) is 1.50. The molecule has 1 heterocycles. The highest BCUT2D eigenvalue weighted by molar-refractivity contribution is 5.34. The SMILES string of the molecule is COCc1ccn(-c2cc(F)c(F)cc2F)n1. The number of ether oxygens (including phenoxy) is 1. The van der Waals surface area contributed by atoms with E-state index in [2.05, 4.69) is 5.10 Å². The fourth-order valence-corrected chi connectivity index (χ4v) is 1.41. The summed E-state index contributed by atoms with van der Waals surface area (Å²) in [6, 6.07) is 2.85. The van der Waals surface area contributed by atoms with Gasteiger partial charge in [-0.05, 0) is 6.07 Å². The second-order valence-electron chi connectivity index (χ2n) is 3.40. The van der Waals surface area contributed by atoms with Gasteiger partial charge < -0.3 is 4.74 Å². The molecule has 1 aromatic carbocycles. The third-order valence-corrected chi connectivity index (χ3v) is 2.17. The van der Waals surface area contributed by atoms with Crippen LogP contribution in [-0.4, -0.2) is 16.9 Å². The molecule has 0 bridgehead atoms. The lowest BCUT2D eigenvalue weighted by molar-refractivity contribution is 0.181. The molecule has 6 heteroatoms. The smallest absolute Gasteiger partial charge is 0.161 e. The lowest BCUT2D eigenvalue weighted by Gasteiger charge is -2.04. The van der Waals surface area contributed by atoms with Crippen molar-refractivity contribution < 1.29 is 17.9 Å². The Hall–Kier alpha value is -1.82. The Labute approximate surface area is 95.4 Å². The Kier molecular flexibility index (Phi) is 3.14. The number of rotatable bonds is 3. The molecular weight excluding hydrogens is 233 g/mol. The normalized spacial score (nSPS) is 10.8. The predicted octanol–water partition coefficient (Wildman–Crippen LogP) is 2.44. The highest BCUT2D eigenvalue weighted by Gasteiger charge is 2.12.